The third kappa shape index (κ3) is 3.90. The van der Waals surface area contributed by atoms with Crippen molar-refractivity contribution in [2.75, 3.05) is 13.7 Å². The van der Waals surface area contributed by atoms with Gasteiger partial charge in [-0.2, -0.15) is 0 Å². The van der Waals surface area contributed by atoms with Crippen LogP contribution in [-0.2, 0) is 6.54 Å². The second-order valence-corrected chi connectivity index (χ2v) is 3.61. The molecule has 3 heteroatoms. The van der Waals surface area contributed by atoms with E-state index in [1.54, 1.807) is 7.11 Å². The number of hydrogen-bond donors (Lipinski definition) is 2. The fraction of sp³-hybridized carbons (Fsp3) is 0.500. The standard InChI is InChI=1S/C12H19NO2/c1-10(7-8-14)13-9-11-5-3-4-6-12(11)15-2/h3-6,10,13-14H,7-9H2,1-2H3/t10-/m1/s1. The van der Waals surface area contributed by atoms with E-state index in [0.29, 0.717) is 6.04 Å². The van der Waals surface area contributed by atoms with Crippen LogP contribution in [0.4, 0.5) is 0 Å². The van der Waals surface area contributed by atoms with Gasteiger partial charge < -0.3 is 15.2 Å². The van der Waals surface area contributed by atoms with Crippen LogP contribution in [-0.4, -0.2) is 24.9 Å². The predicted molar refractivity (Wildman–Crippen MR) is 61.0 cm³/mol. The summed E-state index contributed by atoms with van der Waals surface area (Å²) in [6.45, 7) is 3.05. The van der Waals surface area contributed by atoms with Crippen LogP contribution in [0.25, 0.3) is 0 Å². The van der Waals surface area contributed by atoms with Crippen molar-refractivity contribution in [2.24, 2.45) is 0 Å². The monoisotopic (exact) mass is 209 g/mol. The molecule has 0 aliphatic heterocycles. The van der Waals surface area contributed by atoms with Crippen LogP contribution in [0.3, 0.4) is 0 Å². The van der Waals surface area contributed by atoms with Gasteiger partial charge in [-0.05, 0) is 19.4 Å². The van der Waals surface area contributed by atoms with Gasteiger partial charge in [-0.3, -0.25) is 0 Å². The van der Waals surface area contributed by atoms with E-state index in [1.165, 1.54) is 0 Å². The Balaban J connectivity index is 2.49. The molecule has 3 nitrogen and oxygen atoms in total. The molecule has 1 aromatic carbocycles. The Morgan fingerprint density at radius 1 is 1.40 bits per heavy atom. The van der Waals surface area contributed by atoms with Crippen molar-refractivity contribution in [1.29, 1.82) is 0 Å². The molecule has 1 aromatic rings. The molecule has 0 fully saturated rings. The highest BCUT2D eigenvalue weighted by Gasteiger charge is 2.03. The van der Waals surface area contributed by atoms with Crippen LogP contribution in [0.15, 0.2) is 24.3 Å². The van der Waals surface area contributed by atoms with Gasteiger partial charge in [0.1, 0.15) is 5.75 Å². The lowest BCUT2D eigenvalue weighted by Gasteiger charge is -2.14. The van der Waals surface area contributed by atoms with Crippen molar-refractivity contribution in [3.05, 3.63) is 29.8 Å². The fourth-order valence-corrected chi connectivity index (χ4v) is 1.43. The van der Waals surface area contributed by atoms with Crippen molar-refractivity contribution in [1.82, 2.24) is 5.32 Å². The first-order chi connectivity index (χ1) is 7.27. The minimum atomic E-state index is 0.222. The summed E-state index contributed by atoms with van der Waals surface area (Å²) in [5, 5.41) is 12.1. The second-order valence-electron chi connectivity index (χ2n) is 3.61. The summed E-state index contributed by atoms with van der Waals surface area (Å²) in [6, 6.07) is 8.26. The van der Waals surface area contributed by atoms with Gasteiger partial charge in [-0.1, -0.05) is 18.2 Å². The summed E-state index contributed by atoms with van der Waals surface area (Å²) in [6.07, 6.45) is 0.773. The van der Waals surface area contributed by atoms with E-state index >= 15 is 0 Å². The Hall–Kier alpha value is -1.06. The molecule has 0 radical (unpaired) electrons. The number of nitrogens with one attached hydrogen (secondary N) is 1. The van der Waals surface area contributed by atoms with E-state index < -0.39 is 0 Å². The number of benzene rings is 1. The second kappa shape index (κ2) is 6.43. The largest absolute Gasteiger partial charge is 0.496 e. The van der Waals surface area contributed by atoms with Crippen LogP contribution >= 0.6 is 0 Å². The zero-order chi connectivity index (χ0) is 11.1. The number of ether oxygens (including phenoxy) is 1. The smallest absolute Gasteiger partial charge is 0.123 e. The molecule has 0 spiro atoms. The van der Waals surface area contributed by atoms with Crippen molar-refractivity contribution < 1.29 is 9.84 Å². The molecule has 0 aromatic heterocycles. The number of aliphatic hydroxyl groups is 1. The summed E-state index contributed by atoms with van der Waals surface area (Å²) in [5.41, 5.74) is 1.14. The first-order valence-corrected chi connectivity index (χ1v) is 5.24. The molecule has 2 N–H and O–H groups in total. The van der Waals surface area contributed by atoms with Gasteiger partial charge in [-0.15, -0.1) is 0 Å². The van der Waals surface area contributed by atoms with Crippen LogP contribution < -0.4 is 10.1 Å². The Labute approximate surface area is 91.1 Å². The fourth-order valence-electron chi connectivity index (χ4n) is 1.43. The number of hydrogen-bond acceptors (Lipinski definition) is 3. The number of rotatable bonds is 6. The van der Waals surface area contributed by atoms with Gasteiger partial charge in [0.2, 0.25) is 0 Å². The van der Waals surface area contributed by atoms with Gasteiger partial charge in [0.05, 0.1) is 7.11 Å². The molecular weight excluding hydrogens is 190 g/mol. The van der Waals surface area contributed by atoms with Crippen LogP contribution in [0.5, 0.6) is 5.75 Å². The first-order valence-electron chi connectivity index (χ1n) is 5.24. The number of methoxy groups -OCH3 is 1. The minimum Gasteiger partial charge on any atom is -0.496 e. The van der Waals surface area contributed by atoms with Gasteiger partial charge in [-0.25, -0.2) is 0 Å². The summed E-state index contributed by atoms with van der Waals surface area (Å²) in [4.78, 5) is 0. The Morgan fingerprint density at radius 2 is 2.13 bits per heavy atom. The van der Waals surface area contributed by atoms with Crippen LogP contribution in [0.2, 0.25) is 0 Å². The Morgan fingerprint density at radius 3 is 2.80 bits per heavy atom. The van der Waals surface area contributed by atoms with Crippen molar-refractivity contribution in [2.45, 2.75) is 25.9 Å². The summed E-state index contributed by atoms with van der Waals surface area (Å²) >= 11 is 0. The highest BCUT2D eigenvalue weighted by molar-refractivity contribution is 5.32. The molecule has 0 saturated heterocycles. The lowest BCUT2D eigenvalue weighted by atomic mass is 10.1. The van der Waals surface area contributed by atoms with Gasteiger partial charge in [0.15, 0.2) is 0 Å². The van der Waals surface area contributed by atoms with E-state index in [2.05, 4.69) is 12.2 Å². The SMILES string of the molecule is COc1ccccc1CN[C@H](C)CCO. The van der Waals surface area contributed by atoms with Crippen LogP contribution in [0, 0.1) is 0 Å². The minimum absolute atomic E-state index is 0.222. The van der Waals surface area contributed by atoms with E-state index in [1.807, 2.05) is 24.3 Å². The quantitative estimate of drug-likeness (QED) is 0.747. The van der Waals surface area contributed by atoms with E-state index in [9.17, 15) is 0 Å². The van der Waals surface area contributed by atoms with Crippen molar-refractivity contribution in [3.63, 3.8) is 0 Å². The lowest BCUT2D eigenvalue weighted by Crippen LogP contribution is -2.26. The molecule has 0 saturated carbocycles. The van der Waals surface area contributed by atoms with E-state index in [0.717, 1.165) is 24.3 Å². The third-order valence-electron chi connectivity index (χ3n) is 2.40. The van der Waals surface area contributed by atoms with Crippen LogP contribution in [0.1, 0.15) is 18.9 Å². The van der Waals surface area contributed by atoms with Gasteiger partial charge in [0.25, 0.3) is 0 Å². The maximum atomic E-state index is 8.77. The Bertz CT molecular complexity index is 289. The van der Waals surface area contributed by atoms with Crippen molar-refractivity contribution in [3.8, 4) is 5.75 Å². The molecule has 1 rings (SSSR count). The predicted octanol–water partition coefficient (Wildman–Crippen LogP) is 1.56. The molecule has 0 aliphatic carbocycles. The third-order valence-corrected chi connectivity index (χ3v) is 2.40. The van der Waals surface area contributed by atoms with Crippen molar-refractivity contribution >= 4 is 0 Å². The Kier molecular flexibility index (Phi) is 5.15. The highest BCUT2D eigenvalue weighted by Crippen LogP contribution is 2.16. The normalized spacial score (nSPS) is 12.5. The molecular formula is C12H19NO2. The molecule has 0 heterocycles. The maximum absolute atomic E-state index is 8.77. The molecule has 84 valence electrons. The molecule has 0 amide bonds. The van der Waals surface area contributed by atoms with E-state index in [4.69, 9.17) is 9.84 Å². The molecule has 0 aliphatic rings. The zero-order valence-electron chi connectivity index (χ0n) is 9.36. The summed E-state index contributed by atoms with van der Waals surface area (Å²) < 4.78 is 5.25. The topological polar surface area (TPSA) is 41.5 Å². The lowest BCUT2D eigenvalue weighted by molar-refractivity contribution is 0.268. The first kappa shape index (κ1) is 12.0. The molecule has 1 atom stereocenters. The molecule has 0 unspecified atom stereocenters. The summed E-state index contributed by atoms with van der Waals surface area (Å²) in [7, 11) is 1.68. The zero-order valence-corrected chi connectivity index (χ0v) is 9.36. The number of para-hydroxylation sites is 1. The maximum Gasteiger partial charge on any atom is 0.123 e. The summed E-state index contributed by atoms with van der Waals surface area (Å²) in [5.74, 6) is 0.904. The molecule has 15 heavy (non-hydrogen) atoms. The average Bonchev–Trinajstić information content (AvgIpc) is 2.27. The van der Waals surface area contributed by atoms with E-state index in [-0.39, 0.29) is 6.61 Å². The average molecular weight is 209 g/mol. The number of aliphatic hydroxyl groups excluding tert-OH is 1. The highest BCUT2D eigenvalue weighted by atomic mass is 16.5. The van der Waals surface area contributed by atoms with Gasteiger partial charge in [0, 0.05) is 24.8 Å². The van der Waals surface area contributed by atoms with Gasteiger partial charge >= 0.3 is 0 Å². The molecule has 0 bridgehead atoms.